The zero-order valence-corrected chi connectivity index (χ0v) is 20.2. The van der Waals surface area contributed by atoms with Crippen molar-refractivity contribution in [1.82, 2.24) is 0 Å². The molecule has 0 aliphatic heterocycles. The predicted molar refractivity (Wildman–Crippen MR) is 126 cm³/mol. The standard InChI is InChI=1S/C23H28ClNO3S2/c1-5-28-22(27)20-17-11-6-14(23(2,3)4)12-18(17)30-21(20)25-19(26)13-29-16-9-7-15(24)8-10-16/h7-10,14H,5-6,11-13H2,1-4H3,(H,25,26). The van der Waals surface area contributed by atoms with Crippen LogP contribution < -0.4 is 5.32 Å². The smallest absolute Gasteiger partial charge is 0.341 e. The molecule has 162 valence electrons. The number of esters is 1. The minimum atomic E-state index is -0.343. The van der Waals surface area contributed by atoms with Gasteiger partial charge >= 0.3 is 5.97 Å². The summed E-state index contributed by atoms with van der Waals surface area (Å²) in [6.07, 6.45) is 2.82. The average molecular weight is 466 g/mol. The Morgan fingerprint density at radius 2 is 1.97 bits per heavy atom. The van der Waals surface area contributed by atoms with Crippen molar-refractivity contribution >= 4 is 51.6 Å². The number of hydrogen-bond donors (Lipinski definition) is 1. The third kappa shape index (κ3) is 5.59. The van der Waals surface area contributed by atoms with Gasteiger partial charge in [0.25, 0.3) is 0 Å². The van der Waals surface area contributed by atoms with Crippen molar-refractivity contribution in [2.24, 2.45) is 11.3 Å². The number of fused-ring (bicyclic) bond motifs is 1. The minimum absolute atomic E-state index is 0.133. The summed E-state index contributed by atoms with van der Waals surface area (Å²) >= 11 is 8.88. The van der Waals surface area contributed by atoms with Crippen LogP contribution in [0.4, 0.5) is 5.00 Å². The molecule has 1 aliphatic carbocycles. The molecule has 4 nitrogen and oxygen atoms in total. The van der Waals surface area contributed by atoms with Crippen molar-refractivity contribution in [2.75, 3.05) is 17.7 Å². The number of ether oxygens (including phenoxy) is 1. The van der Waals surface area contributed by atoms with E-state index in [4.69, 9.17) is 16.3 Å². The Morgan fingerprint density at radius 1 is 1.27 bits per heavy atom. The highest BCUT2D eigenvalue weighted by Crippen LogP contribution is 2.44. The van der Waals surface area contributed by atoms with Gasteiger partial charge in [-0.1, -0.05) is 32.4 Å². The fourth-order valence-electron chi connectivity index (χ4n) is 3.67. The third-order valence-corrected chi connectivity index (χ3v) is 7.84. The Morgan fingerprint density at radius 3 is 2.60 bits per heavy atom. The molecule has 1 aromatic carbocycles. The molecule has 1 heterocycles. The first-order valence-electron chi connectivity index (χ1n) is 10.2. The topological polar surface area (TPSA) is 55.4 Å². The molecular formula is C23H28ClNO3S2. The van der Waals surface area contributed by atoms with Crippen molar-refractivity contribution in [3.05, 3.63) is 45.3 Å². The summed E-state index contributed by atoms with van der Waals surface area (Å²) in [7, 11) is 0. The van der Waals surface area contributed by atoms with Crippen LogP contribution in [0.3, 0.4) is 0 Å². The molecule has 7 heteroatoms. The lowest BCUT2D eigenvalue weighted by Crippen LogP contribution is -2.26. The predicted octanol–water partition coefficient (Wildman–Crippen LogP) is 6.46. The molecule has 1 aliphatic rings. The summed E-state index contributed by atoms with van der Waals surface area (Å²) in [6, 6.07) is 7.39. The van der Waals surface area contributed by atoms with E-state index in [0.717, 1.165) is 29.7 Å². The maximum atomic E-state index is 12.7. The quantitative estimate of drug-likeness (QED) is 0.393. The first kappa shape index (κ1) is 23.2. The number of carbonyl (C=O) groups is 2. The van der Waals surface area contributed by atoms with E-state index in [1.807, 2.05) is 12.1 Å². The summed E-state index contributed by atoms with van der Waals surface area (Å²) in [5.41, 5.74) is 1.82. The summed E-state index contributed by atoms with van der Waals surface area (Å²) in [6.45, 7) is 8.90. The van der Waals surface area contributed by atoms with Gasteiger partial charge in [-0.2, -0.15) is 0 Å². The Labute approximate surface area is 191 Å². The number of nitrogens with one attached hydrogen (secondary N) is 1. The van der Waals surface area contributed by atoms with E-state index >= 15 is 0 Å². The van der Waals surface area contributed by atoms with E-state index < -0.39 is 0 Å². The van der Waals surface area contributed by atoms with Gasteiger partial charge in [0.05, 0.1) is 17.9 Å². The van der Waals surface area contributed by atoms with Crippen LogP contribution in [0.5, 0.6) is 0 Å². The maximum absolute atomic E-state index is 12.7. The van der Waals surface area contributed by atoms with Crippen molar-refractivity contribution in [3.8, 4) is 0 Å². The van der Waals surface area contributed by atoms with E-state index in [0.29, 0.717) is 28.1 Å². The van der Waals surface area contributed by atoms with Gasteiger partial charge in [0.2, 0.25) is 5.91 Å². The van der Waals surface area contributed by atoms with Crippen molar-refractivity contribution < 1.29 is 14.3 Å². The maximum Gasteiger partial charge on any atom is 0.341 e. The number of benzene rings is 1. The van der Waals surface area contributed by atoms with Gasteiger partial charge in [0.15, 0.2) is 0 Å². The van der Waals surface area contributed by atoms with Crippen molar-refractivity contribution in [3.63, 3.8) is 0 Å². The van der Waals surface area contributed by atoms with Gasteiger partial charge in [-0.25, -0.2) is 4.79 Å². The number of amides is 1. The highest BCUT2D eigenvalue weighted by Gasteiger charge is 2.34. The molecule has 0 saturated carbocycles. The van der Waals surface area contributed by atoms with Gasteiger partial charge in [0, 0.05) is 14.8 Å². The zero-order valence-electron chi connectivity index (χ0n) is 17.8. The van der Waals surface area contributed by atoms with E-state index in [2.05, 4.69) is 26.1 Å². The highest BCUT2D eigenvalue weighted by molar-refractivity contribution is 8.00. The zero-order chi connectivity index (χ0) is 21.9. The van der Waals surface area contributed by atoms with Gasteiger partial charge in [-0.05, 0) is 67.3 Å². The lowest BCUT2D eigenvalue weighted by atomic mass is 9.72. The number of halogens is 1. The van der Waals surface area contributed by atoms with Crippen LogP contribution >= 0.6 is 34.7 Å². The molecule has 2 aromatic rings. The molecule has 0 bridgehead atoms. The van der Waals surface area contributed by atoms with E-state index in [1.165, 1.54) is 28.0 Å². The lowest BCUT2D eigenvalue weighted by molar-refractivity contribution is -0.113. The van der Waals surface area contributed by atoms with E-state index in [-0.39, 0.29) is 23.0 Å². The second kappa shape index (κ2) is 9.75. The molecule has 0 radical (unpaired) electrons. The van der Waals surface area contributed by atoms with Crippen LogP contribution in [0.15, 0.2) is 29.2 Å². The van der Waals surface area contributed by atoms with Crippen LogP contribution in [0, 0.1) is 11.3 Å². The van der Waals surface area contributed by atoms with E-state index in [1.54, 1.807) is 19.1 Å². The van der Waals surface area contributed by atoms with Crippen LogP contribution in [0.2, 0.25) is 5.02 Å². The number of rotatable bonds is 6. The first-order valence-corrected chi connectivity index (χ1v) is 12.4. The molecule has 0 spiro atoms. The van der Waals surface area contributed by atoms with Crippen LogP contribution in [-0.2, 0) is 22.4 Å². The Bertz CT molecular complexity index is 916. The van der Waals surface area contributed by atoms with Gasteiger partial charge in [0.1, 0.15) is 5.00 Å². The monoisotopic (exact) mass is 465 g/mol. The fourth-order valence-corrected chi connectivity index (χ4v) is 5.83. The SMILES string of the molecule is CCOC(=O)c1c(NC(=O)CSc2ccc(Cl)cc2)sc2c1CCC(C(C)(C)C)C2. The Balaban J connectivity index is 1.77. The molecule has 1 N–H and O–H groups in total. The summed E-state index contributed by atoms with van der Waals surface area (Å²) in [5.74, 6) is 0.343. The van der Waals surface area contributed by atoms with Crippen molar-refractivity contribution in [1.29, 1.82) is 0 Å². The molecule has 1 unspecified atom stereocenters. The first-order chi connectivity index (χ1) is 14.2. The Kier molecular flexibility index (Phi) is 7.53. The number of carbonyl (C=O) groups excluding carboxylic acids is 2. The fraction of sp³-hybridized carbons (Fsp3) is 0.478. The molecular weight excluding hydrogens is 438 g/mol. The summed E-state index contributed by atoms with van der Waals surface area (Å²) in [4.78, 5) is 27.5. The number of hydrogen-bond acceptors (Lipinski definition) is 5. The molecule has 1 aromatic heterocycles. The van der Waals surface area contributed by atoms with Crippen LogP contribution in [-0.4, -0.2) is 24.2 Å². The Hall–Kier alpha value is -1.50. The lowest BCUT2D eigenvalue weighted by Gasteiger charge is -2.33. The highest BCUT2D eigenvalue weighted by atomic mass is 35.5. The molecule has 0 fully saturated rings. The summed E-state index contributed by atoms with van der Waals surface area (Å²) < 4.78 is 5.31. The van der Waals surface area contributed by atoms with Crippen LogP contribution in [0.1, 0.15) is 54.9 Å². The minimum Gasteiger partial charge on any atom is -0.462 e. The van der Waals surface area contributed by atoms with Gasteiger partial charge in [-0.15, -0.1) is 23.1 Å². The molecule has 30 heavy (non-hydrogen) atoms. The molecule has 1 amide bonds. The summed E-state index contributed by atoms with van der Waals surface area (Å²) in [5, 5.41) is 4.26. The second-order valence-electron chi connectivity index (χ2n) is 8.52. The number of thiophene rings is 1. The van der Waals surface area contributed by atoms with Gasteiger partial charge in [-0.3, -0.25) is 4.79 Å². The van der Waals surface area contributed by atoms with Crippen molar-refractivity contribution in [2.45, 2.75) is 51.9 Å². The average Bonchev–Trinajstić information content (AvgIpc) is 3.04. The van der Waals surface area contributed by atoms with Gasteiger partial charge < -0.3 is 10.1 Å². The molecule has 1 atom stereocenters. The van der Waals surface area contributed by atoms with E-state index in [9.17, 15) is 9.59 Å². The normalized spacial score (nSPS) is 16.1. The van der Waals surface area contributed by atoms with Crippen LogP contribution in [0.25, 0.3) is 0 Å². The second-order valence-corrected chi connectivity index (χ2v) is 11.1. The third-order valence-electron chi connectivity index (χ3n) is 5.41. The number of anilines is 1. The largest absolute Gasteiger partial charge is 0.462 e. The molecule has 0 saturated heterocycles. The molecule has 3 rings (SSSR count). The number of thioether (sulfide) groups is 1.